The van der Waals surface area contributed by atoms with E-state index in [1.54, 1.807) is 4.90 Å². The molecule has 202 valence electrons. The first kappa shape index (κ1) is 27.3. The highest BCUT2D eigenvalue weighted by atomic mass is 16.5. The monoisotopic (exact) mass is 513 g/mol. The van der Waals surface area contributed by atoms with Gasteiger partial charge in [0.25, 0.3) is 0 Å². The number of carbonyl (C=O) groups excluding carboxylic acids is 1. The van der Waals surface area contributed by atoms with Crippen LogP contribution in [-0.2, 0) is 20.8 Å². The predicted octanol–water partition coefficient (Wildman–Crippen LogP) is 1.50. The summed E-state index contributed by atoms with van der Waals surface area (Å²) in [6.07, 6.45) is 0. The van der Waals surface area contributed by atoms with Crippen molar-refractivity contribution in [2.24, 2.45) is 0 Å². The summed E-state index contributed by atoms with van der Waals surface area (Å²) in [5, 5.41) is 11.6. The van der Waals surface area contributed by atoms with Crippen LogP contribution >= 0.6 is 0 Å². The van der Waals surface area contributed by atoms with Gasteiger partial charge in [0.1, 0.15) is 36.9 Å². The summed E-state index contributed by atoms with van der Waals surface area (Å²) in [6.45, 7) is 7.46. The van der Waals surface area contributed by atoms with Crippen molar-refractivity contribution in [2.45, 2.75) is 12.1 Å². The number of benzene rings is 2. The third kappa shape index (κ3) is 8.69. The molecule has 2 heterocycles. The van der Waals surface area contributed by atoms with Crippen molar-refractivity contribution in [2.75, 3.05) is 86.0 Å². The summed E-state index contributed by atoms with van der Waals surface area (Å²) >= 11 is 0. The Hall–Kier alpha value is -2.69. The Labute approximate surface area is 219 Å². The lowest BCUT2D eigenvalue weighted by Crippen LogP contribution is -2.52. The molecule has 2 saturated heterocycles. The smallest absolute Gasteiger partial charge is 0.248 e. The average Bonchev–Trinajstić information content (AvgIpc) is 3.09. The Kier molecular flexibility index (Phi) is 10.2. The lowest BCUT2D eigenvalue weighted by molar-refractivity contribution is -0.138. The molecule has 0 bridgehead atoms. The van der Waals surface area contributed by atoms with Crippen LogP contribution in [0.3, 0.4) is 0 Å². The third-order valence-corrected chi connectivity index (χ3v) is 6.67. The van der Waals surface area contributed by atoms with Gasteiger partial charge in [-0.2, -0.15) is 0 Å². The number of carbonyl (C=O) groups is 1. The first-order valence-corrected chi connectivity index (χ1v) is 12.9. The van der Waals surface area contributed by atoms with Gasteiger partial charge in [0.15, 0.2) is 0 Å². The molecule has 9 heteroatoms. The standard InChI is InChI=1S/C28H39N3O6/c1-34-20-27(32)31-12-11-30(21-28(33,22-31)23-37-25-5-3-2-4-6-25)19-24-7-9-26(10-8-24)36-18-15-29-13-16-35-17-14-29/h2-10,33H,11-23H2,1H3/t28-/m0/s1. The Balaban J connectivity index is 1.34. The zero-order chi connectivity index (χ0) is 25.9. The van der Waals surface area contributed by atoms with E-state index in [1.165, 1.54) is 7.11 Å². The molecule has 0 saturated carbocycles. The highest BCUT2D eigenvalue weighted by Crippen LogP contribution is 2.21. The maximum Gasteiger partial charge on any atom is 0.248 e. The van der Waals surface area contributed by atoms with Gasteiger partial charge in [-0.1, -0.05) is 30.3 Å². The molecule has 2 aliphatic heterocycles. The van der Waals surface area contributed by atoms with Gasteiger partial charge in [0.05, 0.1) is 19.8 Å². The van der Waals surface area contributed by atoms with E-state index in [2.05, 4.69) is 21.9 Å². The van der Waals surface area contributed by atoms with Crippen LogP contribution in [0.2, 0.25) is 0 Å². The van der Waals surface area contributed by atoms with Crippen LogP contribution in [0.1, 0.15) is 5.56 Å². The Morgan fingerprint density at radius 1 is 0.919 bits per heavy atom. The van der Waals surface area contributed by atoms with E-state index in [4.69, 9.17) is 18.9 Å². The zero-order valence-corrected chi connectivity index (χ0v) is 21.7. The summed E-state index contributed by atoms with van der Waals surface area (Å²) in [5.74, 6) is 1.39. The molecule has 9 nitrogen and oxygen atoms in total. The number of rotatable bonds is 11. The third-order valence-electron chi connectivity index (χ3n) is 6.67. The Bertz CT molecular complexity index is 954. The van der Waals surface area contributed by atoms with Crippen LogP contribution in [0, 0.1) is 0 Å². The van der Waals surface area contributed by atoms with Crippen molar-refractivity contribution in [1.29, 1.82) is 0 Å². The van der Waals surface area contributed by atoms with Crippen molar-refractivity contribution in [3.63, 3.8) is 0 Å². The van der Waals surface area contributed by atoms with Crippen molar-refractivity contribution in [3.05, 3.63) is 60.2 Å². The molecule has 0 aromatic heterocycles. The SMILES string of the molecule is COCC(=O)N1CCN(Cc2ccc(OCCN3CCOCC3)cc2)C[C@@](O)(COc2ccccc2)C1. The van der Waals surface area contributed by atoms with E-state index in [-0.39, 0.29) is 25.7 Å². The molecule has 2 aromatic carbocycles. The number of para-hydroxylation sites is 1. The second-order valence-electron chi connectivity index (χ2n) is 9.73. The van der Waals surface area contributed by atoms with Crippen LogP contribution in [-0.4, -0.2) is 117 Å². The molecule has 37 heavy (non-hydrogen) atoms. The maximum atomic E-state index is 12.6. The molecule has 1 amide bonds. The number of β-amino-alcohol motifs (C(OH)–C–C–N with tert-alkyl or cyclic N) is 1. The lowest BCUT2D eigenvalue weighted by Gasteiger charge is -2.33. The summed E-state index contributed by atoms with van der Waals surface area (Å²) < 4.78 is 22.3. The molecule has 2 fully saturated rings. The molecular formula is C28H39N3O6. The molecule has 0 unspecified atom stereocenters. The highest BCUT2D eigenvalue weighted by Gasteiger charge is 2.37. The van der Waals surface area contributed by atoms with Crippen LogP contribution in [0.15, 0.2) is 54.6 Å². The molecule has 4 rings (SSSR count). The number of amides is 1. The molecular weight excluding hydrogens is 474 g/mol. The first-order chi connectivity index (χ1) is 18.0. The first-order valence-electron chi connectivity index (χ1n) is 12.9. The second-order valence-corrected chi connectivity index (χ2v) is 9.73. The van der Waals surface area contributed by atoms with Crippen LogP contribution in [0.5, 0.6) is 11.5 Å². The normalized spacial score (nSPS) is 21.4. The van der Waals surface area contributed by atoms with E-state index in [9.17, 15) is 9.90 Å². The lowest BCUT2D eigenvalue weighted by atomic mass is 10.0. The molecule has 0 radical (unpaired) electrons. The van der Waals surface area contributed by atoms with Gasteiger partial charge >= 0.3 is 0 Å². The molecule has 1 atom stereocenters. The molecule has 2 aromatic rings. The predicted molar refractivity (Wildman–Crippen MR) is 140 cm³/mol. The van der Waals surface area contributed by atoms with Gasteiger partial charge in [0.2, 0.25) is 5.91 Å². The van der Waals surface area contributed by atoms with Crippen LogP contribution in [0.25, 0.3) is 0 Å². The minimum absolute atomic E-state index is 0.0113. The topological polar surface area (TPSA) is 83.9 Å². The fraction of sp³-hybridized carbons (Fsp3) is 0.536. The average molecular weight is 514 g/mol. The Morgan fingerprint density at radius 2 is 1.65 bits per heavy atom. The van der Waals surface area contributed by atoms with E-state index in [0.717, 1.165) is 44.2 Å². The zero-order valence-electron chi connectivity index (χ0n) is 21.7. The largest absolute Gasteiger partial charge is 0.492 e. The fourth-order valence-corrected chi connectivity index (χ4v) is 4.70. The number of ether oxygens (including phenoxy) is 4. The van der Waals surface area contributed by atoms with Crippen molar-refractivity contribution < 1.29 is 28.8 Å². The number of nitrogens with zero attached hydrogens (tertiary/aromatic N) is 3. The number of methoxy groups -OCH3 is 1. The van der Waals surface area contributed by atoms with Gasteiger partial charge in [-0.05, 0) is 29.8 Å². The quantitative estimate of drug-likeness (QED) is 0.484. The fourth-order valence-electron chi connectivity index (χ4n) is 4.70. The van der Waals surface area contributed by atoms with Gasteiger partial charge in [0, 0.05) is 52.9 Å². The summed E-state index contributed by atoms with van der Waals surface area (Å²) in [5.41, 5.74) is -0.110. The number of hydrogen-bond acceptors (Lipinski definition) is 8. The van der Waals surface area contributed by atoms with E-state index in [1.807, 2.05) is 42.5 Å². The van der Waals surface area contributed by atoms with E-state index < -0.39 is 5.60 Å². The summed E-state index contributed by atoms with van der Waals surface area (Å²) in [4.78, 5) is 18.8. The van der Waals surface area contributed by atoms with E-state index in [0.29, 0.717) is 38.5 Å². The van der Waals surface area contributed by atoms with Crippen molar-refractivity contribution in [1.82, 2.24) is 14.7 Å². The summed E-state index contributed by atoms with van der Waals surface area (Å²) in [6, 6.07) is 17.5. The number of hydrogen-bond donors (Lipinski definition) is 1. The molecule has 2 aliphatic rings. The molecule has 0 aliphatic carbocycles. The number of morpholine rings is 1. The van der Waals surface area contributed by atoms with Crippen LogP contribution in [0.4, 0.5) is 0 Å². The summed E-state index contributed by atoms with van der Waals surface area (Å²) in [7, 11) is 1.50. The van der Waals surface area contributed by atoms with Gasteiger partial charge in [-0.3, -0.25) is 14.6 Å². The van der Waals surface area contributed by atoms with Crippen LogP contribution < -0.4 is 9.47 Å². The van der Waals surface area contributed by atoms with E-state index >= 15 is 0 Å². The maximum absolute atomic E-state index is 12.6. The van der Waals surface area contributed by atoms with Gasteiger partial charge < -0.3 is 29.0 Å². The van der Waals surface area contributed by atoms with Crippen molar-refractivity contribution in [3.8, 4) is 11.5 Å². The minimum atomic E-state index is -1.22. The van der Waals surface area contributed by atoms with Gasteiger partial charge in [-0.25, -0.2) is 0 Å². The number of aliphatic hydroxyl groups is 1. The molecule has 1 N–H and O–H groups in total. The van der Waals surface area contributed by atoms with Gasteiger partial charge in [-0.15, -0.1) is 0 Å². The minimum Gasteiger partial charge on any atom is -0.492 e. The second kappa shape index (κ2) is 13.7. The molecule has 0 spiro atoms. The Morgan fingerprint density at radius 3 is 2.38 bits per heavy atom. The van der Waals surface area contributed by atoms with Crippen molar-refractivity contribution >= 4 is 5.91 Å². The highest BCUT2D eigenvalue weighted by molar-refractivity contribution is 5.77.